The minimum Gasteiger partial charge on any atom is -0.325 e. The number of benzene rings is 1. The fraction of sp³-hybridized carbons (Fsp3) is 0.600. The van der Waals surface area contributed by atoms with Crippen molar-refractivity contribution in [2.45, 2.75) is 63.5 Å². The van der Waals surface area contributed by atoms with Crippen LogP contribution in [0, 0.1) is 5.92 Å². The van der Waals surface area contributed by atoms with Gasteiger partial charge in [-0.15, -0.1) is 12.4 Å². The van der Waals surface area contributed by atoms with Gasteiger partial charge in [0.2, 0.25) is 11.8 Å². The zero-order valence-electron chi connectivity index (χ0n) is 15.1. The number of hydrogen-bond donors (Lipinski definition) is 2. The number of piperidine rings is 1. The highest BCUT2D eigenvalue weighted by Gasteiger charge is 2.38. The Morgan fingerprint density at radius 2 is 2.00 bits per heavy atom. The molecule has 26 heavy (non-hydrogen) atoms. The number of anilines is 2. The van der Waals surface area contributed by atoms with Gasteiger partial charge in [0.1, 0.15) is 0 Å². The van der Waals surface area contributed by atoms with Gasteiger partial charge in [0.05, 0.1) is 6.04 Å². The van der Waals surface area contributed by atoms with Crippen molar-refractivity contribution in [3.8, 4) is 0 Å². The lowest BCUT2D eigenvalue weighted by molar-refractivity contribution is -0.119. The first-order valence-electron chi connectivity index (χ1n) is 9.68. The van der Waals surface area contributed by atoms with Gasteiger partial charge in [0.15, 0.2) is 0 Å². The standard InChI is InChI=1S/C20H27N3O2.ClH/c24-19-10-3-4-11-23(19)16-8-5-7-15(13-16)21-20(25)18-12-14-6-1-2-9-17(14)22-18;/h5,7-8,13-14,17-18,22H,1-4,6,9-12H2,(H,21,25);1H. The normalized spacial score (nSPS) is 28.2. The van der Waals surface area contributed by atoms with Gasteiger partial charge in [-0.25, -0.2) is 0 Å². The molecule has 2 N–H and O–H groups in total. The highest BCUT2D eigenvalue weighted by Crippen LogP contribution is 2.33. The maximum atomic E-state index is 12.7. The number of halogens is 1. The van der Waals surface area contributed by atoms with E-state index in [0.29, 0.717) is 18.4 Å². The van der Waals surface area contributed by atoms with Crippen molar-refractivity contribution in [2.24, 2.45) is 5.92 Å². The quantitative estimate of drug-likeness (QED) is 0.847. The van der Waals surface area contributed by atoms with Gasteiger partial charge >= 0.3 is 0 Å². The molecule has 0 spiro atoms. The summed E-state index contributed by atoms with van der Waals surface area (Å²) in [5.41, 5.74) is 1.66. The average molecular weight is 378 g/mol. The van der Waals surface area contributed by atoms with E-state index >= 15 is 0 Å². The molecule has 6 heteroatoms. The van der Waals surface area contributed by atoms with E-state index in [1.165, 1.54) is 25.7 Å². The smallest absolute Gasteiger partial charge is 0.241 e. The van der Waals surface area contributed by atoms with Gasteiger partial charge in [-0.3, -0.25) is 9.59 Å². The van der Waals surface area contributed by atoms with Crippen molar-refractivity contribution >= 4 is 35.6 Å². The average Bonchev–Trinajstić information content (AvgIpc) is 3.07. The lowest BCUT2D eigenvalue weighted by Gasteiger charge is -2.27. The van der Waals surface area contributed by atoms with Crippen LogP contribution >= 0.6 is 12.4 Å². The predicted octanol–water partition coefficient (Wildman–Crippen LogP) is 3.48. The second-order valence-corrected chi connectivity index (χ2v) is 7.65. The van der Waals surface area contributed by atoms with Crippen LogP contribution in [0.5, 0.6) is 0 Å². The maximum Gasteiger partial charge on any atom is 0.241 e. The molecule has 3 atom stereocenters. The number of carbonyl (C=O) groups is 2. The number of rotatable bonds is 3. The van der Waals surface area contributed by atoms with E-state index in [-0.39, 0.29) is 30.3 Å². The molecule has 2 aliphatic heterocycles. The zero-order valence-corrected chi connectivity index (χ0v) is 15.9. The third-order valence-corrected chi connectivity index (χ3v) is 5.93. The summed E-state index contributed by atoms with van der Waals surface area (Å²) in [7, 11) is 0. The fourth-order valence-electron chi connectivity index (χ4n) is 4.58. The van der Waals surface area contributed by atoms with Crippen LogP contribution in [-0.2, 0) is 9.59 Å². The number of nitrogens with zero attached hydrogens (tertiary/aromatic N) is 1. The molecule has 1 saturated carbocycles. The largest absolute Gasteiger partial charge is 0.325 e. The van der Waals surface area contributed by atoms with Crippen molar-refractivity contribution in [1.29, 1.82) is 0 Å². The number of hydrogen-bond acceptors (Lipinski definition) is 3. The van der Waals surface area contributed by atoms with E-state index in [1.54, 1.807) is 0 Å². The summed E-state index contributed by atoms with van der Waals surface area (Å²) in [4.78, 5) is 26.6. The molecule has 0 bridgehead atoms. The first-order chi connectivity index (χ1) is 12.2. The molecule has 0 aromatic heterocycles. The lowest BCUT2D eigenvalue weighted by atomic mass is 9.85. The first kappa shape index (κ1) is 19.2. The molecule has 1 aromatic carbocycles. The highest BCUT2D eigenvalue weighted by atomic mass is 35.5. The Morgan fingerprint density at radius 3 is 2.81 bits per heavy atom. The van der Waals surface area contributed by atoms with E-state index in [4.69, 9.17) is 0 Å². The summed E-state index contributed by atoms with van der Waals surface area (Å²) in [6.45, 7) is 0.768. The molecule has 1 aliphatic carbocycles. The van der Waals surface area contributed by atoms with Crippen molar-refractivity contribution in [3.63, 3.8) is 0 Å². The highest BCUT2D eigenvalue weighted by molar-refractivity contribution is 5.97. The van der Waals surface area contributed by atoms with Crippen LogP contribution < -0.4 is 15.5 Å². The lowest BCUT2D eigenvalue weighted by Crippen LogP contribution is -2.40. The van der Waals surface area contributed by atoms with E-state index < -0.39 is 0 Å². The summed E-state index contributed by atoms with van der Waals surface area (Å²) in [5.74, 6) is 0.884. The van der Waals surface area contributed by atoms with Crippen molar-refractivity contribution in [1.82, 2.24) is 5.32 Å². The Balaban J connectivity index is 0.00000196. The molecule has 3 fully saturated rings. The van der Waals surface area contributed by atoms with Crippen LogP contribution in [0.15, 0.2) is 24.3 Å². The fourth-order valence-corrected chi connectivity index (χ4v) is 4.58. The number of amides is 2. The Bertz CT molecular complexity index is 652. The second kappa shape index (κ2) is 8.40. The molecule has 1 aromatic rings. The van der Waals surface area contributed by atoms with Crippen molar-refractivity contribution in [3.05, 3.63) is 24.3 Å². The van der Waals surface area contributed by atoms with Crippen LogP contribution in [0.4, 0.5) is 11.4 Å². The molecule has 2 amide bonds. The summed E-state index contributed by atoms with van der Waals surface area (Å²) in [6, 6.07) is 8.10. The second-order valence-electron chi connectivity index (χ2n) is 7.65. The van der Waals surface area contributed by atoms with Gasteiger partial charge in [-0.2, -0.15) is 0 Å². The molecule has 2 heterocycles. The number of fused-ring (bicyclic) bond motifs is 1. The van der Waals surface area contributed by atoms with Gasteiger partial charge in [-0.1, -0.05) is 18.9 Å². The number of nitrogens with one attached hydrogen (secondary N) is 2. The Morgan fingerprint density at radius 1 is 1.15 bits per heavy atom. The van der Waals surface area contributed by atoms with Gasteiger partial charge in [0, 0.05) is 30.4 Å². The predicted molar refractivity (Wildman–Crippen MR) is 106 cm³/mol. The topological polar surface area (TPSA) is 61.4 Å². The van der Waals surface area contributed by atoms with Crippen LogP contribution in [0.3, 0.4) is 0 Å². The summed E-state index contributed by atoms with van der Waals surface area (Å²) in [5, 5.41) is 6.57. The van der Waals surface area contributed by atoms with E-state index in [0.717, 1.165) is 37.2 Å². The molecule has 5 nitrogen and oxygen atoms in total. The third kappa shape index (κ3) is 4.04. The van der Waals surface area contributed by atoms with Crippen LogP contribution in [0.2, 0.25) is 0 Å². The first-order valence-corrected chi connectivity index (χ1v) is 9.68. The number of carbonyl (C=O) groups excluding carboxylic acids is 2. The molecule has 3 aliphatic rings. The third-order valence-electron chi connectivity index (χ3n) is 5.93. The molecule has 142 valence electrons. The van der Waals surface area contributed by atoms with Crippen molar-refractivity contribution in [2.75, 3.05) is 16.8 Å². The maximum absolute atomic E-state index is 12.7. The Kier molecular flexibility index (Phi) is 6.20. The molecule has 4 rings (SSSR count). The van der Waals surface area contributed by atoms with E-state index in [1.807, 2.05) is 29.2 Å². The van der Waals surface area contributed by atoms with Gasteiger partial charge in [0.25, 0.3) is 0 Å². The minimum absolute atomic E-state index is 0. The van der Waals surface area contributed by atoms with Gasteiger partial charge < -0.3 is 15.5 Å². The minimum atomic E-state index is -0.0895. The van der Waals surface area contributed by atoms with Crippen LogP contribution in [-0.4, -0.2) is 30.4 Å². The van der Waals surface area contributed by atoms with Gasteiger partial charge in [-0.05, 0) is 56.2 Å². The molecular weight excluding hydrogens is 350 g/mol. The molecular formula is C20H28ClN3O2. The zero-order chi connectivity index (χ0) is 17.2. The summed E-state index contributed by atoms with van der Waals surface area (Å²) >= 11 is 0. The monoisotopic (exact) mass is 377 g/mol. The van der Waals surface area contributed by atoms with Crippen LogP contribution in [0.25, 0.3) is 0 Å². The van der Waals surface area contributed by atoms with Crippen LogP contribution in [0.1, 0.15) is 51.4 Å². The Labute approximate surface area is 161 Å². The summed E-state index contributed by atoms with van der Waals surface area (Å²) in [6.07, 6.45) is 8.58. The molecule has 2 saturated heterocycles. The molecule has 0 radical (unpaired) electrons. The van der Waals surface area contributed by atoms with E-state index in [9.17, 15) is 9.59 Å². The molecule has 3 unspecified atom stereocenters. The van der Waals surface area contributed by atoms with E-state index in [2.05, 4.69) is 10.6 Å². The van der Waals surface area contributed by atoms with Crippen molar-refractivity contribution < 1.29 is 9.59 Å². The Hall–Kier alpha value is -1.59. The SMILES string of the molecule is Cl.O=C(Nc1cccc(N2CCCCC2=O)c1)C1CC2CCCCC2N1. The summed E-state index contributed by atoms with van der Waals surface area (Å²) < 4.78 is 0.